The third-order valence-electron chi connectivity index (χ3n) is 4.77. The molecule has 1 saturated heterocycles. The molecule has 17 heavy (non-hydrogen) atoms. The topological polar surface area (TPSA) is 23.5 Å². The van der Waals surface area contributed by atoms with Gasteiger partial charge in [-0.1, -0.05) is 32.6 Å². The van der Waals surface area contributed by atoms with Crippen molar-refractivity contribution in [2.24, 2.45) is 11.8 Å². The number of hydrogen-bond donors (Lipinski definition) is 1. The molecule has 0 aromatic carbocycles. The van der Waals surface area contributed by atoms with Crippen molar-refractivity contribution in [2.45, 2.75) is 64.4 Å². The highest BCUT2D eigenvalue weighted by molar-refractivity contribution is 4.80. The number of aliphatic hydroxyl groups is 1. The molecule has 2 heteroatoms. The third kappa shape index (κ3) is 3.96. The molecule has 2 rings (SSSR count). The molecule has 0 bridgehead atoms. The summed E-state index contributed by atoms with van der Waals surface area (Å²) in [6, 6.07) is 0. The second kappa shape index (κ2) is 6.75. The van der Waals surface area contributed by atoms with Gasteiger partial charge in [0.15, 0.2) is 0 Å². The molecule has 1 saturated carbocycles. The molecular weight excluding hydrogens is 210 g/mol. The molecule has 2 unspecified atom stereocenters. The average molecular weight is 239 g/mol. The van der Waals surface area contributed by atoms with E-state index in [1.807, 2.05) is 0 Å². The number of hydrogen-bond acceptors (Lipinski definition) is 2. The number of piperidine rings is 1. The molecule has 1 heterocycles. The smallest absolute Gasteiger partial charge is 0.0580 e. The molecule has 2 nitrogen and oxygen atoms in total. The first kappa shape index (κ1) is 13.4. The van der Waals surface area contributed by atoms with Crippen LogP contribution >= 0.6 is 0 Å². The number of likely N-dealkylation sites (tertiary alicyclic amines) is 1. The van der Waals surface area contributed by atoms with Crippen LogP contribution in [0.1, 0.15) is 58.3 Å². The second-order valence-electron chi connectivity index (χ2n) is 6.14. The van der Waals surface area contributed by atoms with E-state index < -0.39 is 0 Å². The summed E-state index contributed by atoms with van der Waals surface area (Å²) in [5.74, 6) is 1.54. The van der Waals surface area contributed by atoms with Gasteiger partial charge in [-0.2, -0.15) is 0 Å². The van der Waals surface area contributed by atoms with Crippen LogP contribution in [0, 0.1) is 11.8 Å². The van der Waals surface area contributed by atoms with Gasteiger partial charge < -0.3 is 10.0 Å². The summed E-state index contributed by atoms with van der Waals surface area (Å²) in [6.45, 7) is 5.99. The Balaban J connectivity index is 1.70. The van der Waals surface area contributed by atoms with Gasteiger partial charge in [0.1, 0.15) is 0 Å². The fourth-order valence-corrected chi connectivity index (χ4v) is 3.60. The van der Waals surface area contributed by atoms with Gasteiger partial charge in [-0.3, -0.25) is 0 Å². The van der Waals surface area contributed by atoms with E-state index in [0.29, 0.717) is 5.92 Å². The van der Waals surface area contributed by atoms with E-state index in [4.69, 9.17) is 0 Å². The molecule has 1 aliphatic heterocycles. The number of rotatable bonds is 4. The Morgan fingerprint density at radius 3 is 2.41 bits per heavy atom. The lowest BCUT2D eigenvalue weighted by Crippen LogP contribution is -2.41. The summed E-state index contributed by atoms with van der Waals surface area (Å²) >= 11 is 0. The van der Waals surface area contributed by atoms with Crippen LogP contribution in [0.15, 0.2) is 0 Å². The Bertz CT molecular complexity index is 211. The summed E-state index contributed by atoms with van der Waals surface area (Å²) in [5, 5.41) is 10.0. The van der Waals surface area contributed by atoms with Gasteiger partial charge in [0.2, 0.25) is 0 Å². The Morgan fingerprint density at radius 2 is 1.76 bits per heavy atom. The Labute approximate surface area is 106 Å². The predicted octanol–water partition coefficient (Wildman–Crippen LogP) is 3.05. The van der Waals surface area contributed by atoms with E-state index in [0.717, 1.165) is 18.9 Å². The maximum atomic E-state index is 10.0. The van der Waals surface area contributed by atoms with Crippen LogP contribution in [0.25, 0.3) is 0 Å². The van der Waals surface area contributed by atoms with Crippen LogP contribution in [0.5, 0.6) is 0 Å². The Morgan fingerprint density at radius 1 is 1.06 bits per heavy atom. The van der Waals surface area contributed by atoms with E-state index in [9.17, 15) is 5.11 Å². The number of aliphatic hydroxyl groups excluding tert-OH is 1. The molecular formula is C15H29NO. The number of nitrogens with zero attached hydrogens (tertiary/aromatic N) is 1. The standard InChI is InChI=1S/C15H29NO/c1-2-5-13-8-10-16(11-9-13)12-14-6-3-4-7-15(14)17/h13-15,17H,2-12H2,1H3. The first-order valence-electron chi connectivity index (χ1n) is 7.70. The molecule has 0 aromatic rings. The van der Waals surface area contributed by atoms with Gasteiger partial charge in [0.05, 0.1) is 6.10 Å². The molecule has 0 amide bonds. The molecule has 1 aliphatic carbocycles. The SMILES string of the molecule is CCCC1CCN(CC2CCCCC2O)CC1. The lowest BCUT2D eigenvalue weighted by Gasteiger charge is -2.37. The van der Waals surface area contributed by atoms with E-state index in [2.05, 4.69) is 11.8 Å². The fraction of sp³-hybridized carbons (Fsp3) is 1.00. The molecule has 1 N–H and O–H groups in total. The molecule has 2 aliphatic rings. The van der Waals surface area contributed by atoms with Gasteiger partial charge in [-0.25, -0.2) is 0 Å². The minimum absolute atomic E-state index is 0.0166. The lowest BCUT2D eigenvalue weighted by molar-refractivity contribution is 0.0379. The van der Waals surface area contributed by atoms with Gasteiger partial charge in [-0.15, -0.1) is 0 Å². The third-order valence-corrected chi connectivity index (χ3v) is 4.77. The van der Waals surface area contributed by atoms with Crippen LogP contribution in [0.3, 0.4) is 0 Å². The van der Waals surface area contributed by atoms with Crippen LogP contribution in [-0.2, 0) is 0 Å². The Hall–Kier alpha value is -0.0800. The van der Waals surface area contributed by atoms with Crippen molar-refractivity contribution in [3.63, 3.8) is 0 Å². The van der Waals surface area contributed by atoms with Crippen molar-refractivity contribution in [1.29, 1.82) is 0 Å². The highest BCUT2D eigenvalue weighted by Gasteiger charge is 2.27. The van der Waals surface area contributed by atoms with E-state index >= 15 is 0 Å². The van der Waals surface area contributed by atoms with Crippen molar-refractivity contribution in [1.82, 2.24) is 4.90 Å². The quantitative estimate of drug-likeness (QED) is 0.815. The van der Waals surface area contributed by atoms with E-state index in [1.54, 1.807) is 0 Å². The summed E-state index contributed by atoms with van der Waals surface area (Å²) in [4.78, 5) is 2.60. The van der Waals surface area contributed by atoms with Crippen LogP contribution < -0.4 is 0 Å². The highest BCUT2D eigenvalue weighted by atomic mass is 16.3. The van der Waals surface area contributed by atoms with Gasteiger partial charge in [-0.05, 0) is 50.6 Å². The first-order chi connectivity index (χ1) is 8.29. The molecule has 100 valence electrons. The second-order valence-corrected chi connectivity index (χ2v) is 6.14. The predicted molar refractivity (Wildman–Crippen MR) is 72.0 cm³/mol. The van der Waals surface area contributed by atoms with E-state index in [1.165, 1.54) is 58.0 Å². The molecule has 0 aromatic heterocycles. The average Bonchev–Trinajstić information content (AvgIpc) is 2.35. The van der Waals surface area contributed by atoms with Gasteiger partial charge >= 0.3 is 0 Å². The van der Waals surface area contributed by atoms with Crippen molar-refractivity contribution in [3.8, 4) is 0 Å². The first-order valence-corrected chi connectivity index (χ1v) is 7.70. The van der Waals surface area contributed by atoms with Crippen molar-refractivity contribution in [3.05, 3.63) is 0 Å². The van der Waals surface area contributed by atoms with Crippen LogP contribution in [-0.4, -0.2) is 35.7 Å². The van der Waals surface area contributed by atoms with Crippen molar-refractivity contribution in [2.75, 3.05) is 19.6 Å². The zero-order valence-electron chi connectivity index (χ0n) is 11.4. The largest absolute Gasteiger partial charge is 0.393 e. The minimum Gasteiger partial charge on any atom is -0.393 e. The van der Waals surface area contributed by atoms with Crippen molar-refractivity contribution < 1.29 is 5.11 Å². The summed E-state index contributed by atoms with van der Waals surface area (Å²) < 4.78 is 0. The van der Waals surface area contributed by atoms with Crippen molar-refractivity contribution >= 4 is 0 Å². The zero-order chi connectivity index (χ0) is 12.1. The van der Waals surface area contributed by atoms with Gasteiger partial charge in [0.25, 0.3) is 0 Å². The van der Waals surface area contributed by atoms with E-state index in [-0.39, 0.29) is 6.10 Å². The zero-order valence-corrected chi connectivity index (χ0v) is 11.4. The summed E-state index contributed by atoms with van der Waals surface area (Å²) in [6.07, 6.45) is 10.4. The molecule has 0 spiro atoms. The molecule has 0 radical (unpaired) electrons. The fourth-order valence-electron chi connectivity index (χ4n) is 3.60. The van der Waals surface area contributed by atoms with Crippen LogP contribution in [0.2, 0.25) is 0 Å². The molecule has 2 fully saturated rings. The summed E-state index contributed by atoms with van der Waals surface area (Å²) in [5.41, 5.74) is 0. The minimum atomic E-state index is -0.0166. The Kier molecular flexibility index (Phi) is 5.30. The highest BCUT2D eigenvalue weighted by Crippen LogP contribution is 2.27. The maximum absolute atomic E-state index is 10.0. The monoisotopic (exact) mass is 239 g/mol. The molecule has 2 atom stereocenters. The summed E-state index contributed by atoms with van der Waals surface area (Å²) in [7, 11) is 0. The lowest BCUT2D eigenvalue weighted by atomic mass is 9.85. The maximum Gasteiger partial charge on any atom is 0.0580 e. The van der Waals surface area contributed by atoms with Crippen LogP contribution in [0.4, 0.5) is 0 Å². The normalized spacial score (nSPS) is 32.8. The van der Waals surface area contributed by atoms with Gasteiger partial charge in [0, 0.05) is 6.54 Å².